The van der Waals surface area contributed by atoms with Crippen LogP contribution in [-0.4, -0.2) is 33.8 Å². The number of rotatable bonds is 3. The standard InChI is InChI=1S/C8H14O3S/c9-7-3-4-12-5-6(7)1-2-8(10)11/h6-7,9H,1-5H2,(H,10,11)/t6-,7-/m0/s1. The molecule has 0 unspecified atom stereocenters. The van der Waals surface area contributed by atoms with Gasteiger partial charge in [0, 0.05) is 6.42 Å². The van der Waals surface area contributed by atoms with E-state index >= 15 is 0 Å². The molecule has 0 aromatic heterocycles. The number of aliphatic hydroxyl groups excluding tert-OH is 1. The fourth-order valence-electron chi connectivity index (χ4n) is 1.37. The Balaban J connectivity index is 2.24. The van der Waals surface area contributed by atoms with Crippen LogP contribution in [0.15, 0.2) is 0 Å². The summed E-state index contributed by atoms with van der Waals surface area (Å²) in [6.45, 7) is 0. The molecule has 0 aliphatic carbocycles. The molecule has 12 heavy (non-hydrogen) atoms. The van der Waals surface area contributed by atoms with Gasteiger partial charge in [0.25, 0.3) is 0 Å². The number of carboxylic acids is 1. The molecule has 1 fully saturated rings. The SMILES string of the molecule is O=C(O)CC[C@H]1CSCC[C@@H]1O. The highest BCUT2D eigenvalue weighted by Gasteiger charge is 2.23. The first kappa shape index (κ1) is 9.86. The molecule has 0 aromatic rings. The lowest BCUT2D eigenvalue weighted by Gasteiger charge is -2.26. The first-order valence-corrected chi connectivity index (χ1v) is 5.33. The molecule has 2 N–H and O–H groups in total. The van der Waals surface area contributed by atoms with Crippen LogP contribution in [0.1, 0.15) is 19.3 Å². The van der Waals surface area contributed by atoms with Gasteiger partial charge in [-0.3, -0.25) is 4.79 Å². The zero-order valence-electron chi connectivity index (χ0n) is 6.90. The van der Waals surface area contributed by atoms with Crippen molar-refractivity contribution in [1.29, 1.82) is 0 Å². The summed E-state index contributed by atoms with van der Waals surface area (Å²) in [5, 5.41) is 17.9. The van der Waals surface area contributed by atoms with Crippen LogP contribution in [0.3, 0.4) is 0 Å². The van der Waals surface area contributed by atoms with Crippen LogP contribution in [0.5, 0.6) is 0 Å². The summed E-state index contributed by atoms with van der Waals surface area (Å²) >= 11 is 1.81. The highest BCUT2D eigenvalue weighted by molar-refractivity contribution is 7.99. The second-order valence-corrected chi connectivity index (χ2v) is 4.27. The Morgan fingerprint density at radius 2 is 2.33 bits per heavy atom. The second-order valence-electron chi connectivity index (χ2n) is 3.12. The maximum Gasteiger partial charge on any atom is 0.303 e. The molecule has 0 aromatic carbocycles. The summed E-state index contributed by atoms with van der Waals surface area (Å²) in [5.41, 5.74) is 0. The van der Waals surface area contributed by atoms with Crippen LogP contribution in [0, 0.1) is 5.92 Å². The van der Waals surface area contributed by atoms with E-state index in [0.29, 0.717) is 6.42 Å². The Kier molecular flexibility index (Phi) is 3.88. The molecule has 70 valence electrons. The van der Waals surface area contributed by atoms with Crippen LogP contribution in [0.2, 0.25) is 0 Å². The van der Waals surface area contributed by atoms with Crippen LogP contribution in [0.4, 0.5) is 0 Å². The van der Waals surface area contributed by atoms with Crippen molar-refractivity contribution >= 4 is 17.7 Å². The minimum Gasteiger partial charge on any atom is -0.481 e. The lowest BCUT2D eigenvalue weighted by Crippen LogP contribution is -2.28. The summed E-state index contributed by atoms with van der Waals surface area (Å²) in [7, 11) is 0. The fraction of sp³-hybridized carbons (Fsp3) is 0.875. The Morgan fingerprint density at radius 3 is 2.92 bits per heavy atom. The van der Waals surface area contributed by atoms with Crippen molar-refractivity contribution in [3.8, 4) is 0 Å². The van der Waals surface area contributed by atoms with Gasteiger partial charge in [-0.1, -0.05) is 0 Å². The third kappa shape index (κ3) is 3.03. The molecule has 0 saturated carbocycles. The number of hydrogen-bond acceptors (Lipinski definition) is 3. The smallest absolute Gasteiger partial charge is 0.303 e. The molecule has 0 amide bonds. The Hall–Kier alpha value is -0.220. The predicted molar refractivity (Wildman–Crippen MR) is 48.3 cm³/mol. The normalized spacial score (nSPS) is 30.1. The number of carbonyl (C=O) groups is 1. The average Bonchev–Trinajstić information content (AvgIpc) is 2.03. The Morgan fingerprint density at radius 1 is 1.58 bits per heavy atom. The number of hydrogen-bond donors (Lipinski definition) is 2. The van der Waals surface area contributed by atoms with Gasteiger partial charge >= 0.3 is 5.97 Å². The molecule has 1 rings (SSSR count). The number of carboxylic acid groups (broad SMARTS) is 1. The van der Waals surface area contributed by atoms with E-state index in [2.05, 4.69) is 0 Å². The van der Waals surface area contributed by atoms with Crippen molar-refractivity contribution in [2.75, 3.05) is 11.5 Å². The summed E-state index contributed by atoms with van der Waals surface area (Å²) < 4.78 is 0. The van der Waals surface area contributed by atoms with Crippen molar-refractivity contribution in [1.82, 2.24) is 0 Å². The highest BCUT2D eigenvalue weighted by atomic mass is 32.2. The zero-order chi connectivity index (χ0) is 8.97. The monoisotopic (exact) mass is 190 g/mol. The molecular formula is C8H14O3S. The van der Waals surface area contributed by atoms with Gasteiger partial charge in [0.1, 0.15) is 0 Å². The van der Waals surface area contributed by atoms with Crippen molar-refractivity contribution in [2.24, 2.45) is 5.92 Å². The minimum atomic E-state index is -0.766. The van der Waals surface area contributed by atoms with Crippen molar-refractivity contribution in [3.05, 3.63) is 0 Å². The van der Waals surface area contributed by atoms with Crippen LogP contribution in [0.25, 0.3) is 0 Å². The molecular weight excluding hydrogens is 176 g/mol. The lowest BCUT2D eigenvalue weighted by molar-refractivity contribution is -0.137. The predicted octanol–water partition coefficient (Wildman–Crippen LogP) is 0.965. The highest BCUT2D eigenvalue weighted by Crippen LogP contribution is 2.26. The van der Waals surface area contributed by atoms with E-state index in [1.165, 1.54) is 0 Å². The van der Waals surface area contributed by atoms with Crippen molar-refractivity contribution in [3.63, 3.8) is 0 Å². The van der Waals surface area contributed by atoms with Gasteiger partial charge in [-0.05, 0) is 30.3 Å². The van der Waals surface area contributed by atoms with E-state index in [9.17, 15) is 9.90 Å². The van der Waals surface area contributed by atoms with Crippen LogP contribution >= 0.6 is 11.8 Å². The maximum absolute atomic E-state index is 10.3. The Labute approximate surface area is 76.2 Å². The van der Waals surface area contributed by atoms with Gasteiger partial charge in [0.15, 0.2) is 0 Å². The summed E-state index contributed by atoms with van der Waals surface area (Å²) in [4.78, 5) is 10.3. The third-order valence-corrected chi connectivity index (χ3v) is 3.35. The van der Waals surface area contributed by atoms with E-state index in [4.69, 9.17) is 5.11 Å². The van der Waals surface area contributed by atoms with Crippen molar-refractivity contribution < 1.29 is 15.0 Å². The Bertz CT molecular complexity index is 160. The molecule has 3 nitrogen and oxygen atoms in total. The van der Waals surface area contributed by atoms with Crippen LogP contribution in [-0.2, 0) is 4.79 Å². The summed E-state index contributed by atoms with van der Waals surface area (Å²) in [6, 6.07) is 0. The topological polar surface area (TPSA) is 57.5 Å². The molecule has 4 heteroatoms. The number of aliphatic hydroxyl groups is 1. The van der Waals surface area contributed by atoms with E-state index in [0.717, 1.165) is 17.9 Å². The van der Waals surface area contributed by atoms with E-state index in [1.807, 2.05) is 0 Å². The molecule has 1 heterocycles. The minimum absolute atomic E-state index is 0.183. The molecule has 1 aliphatic heterocycles. The molecule has 2 atom stereocenters. The molecule has 1 aliphatic rings. The van der Waals surface area contributed by atoms with E-state index < -0.39 is 5.97 Å². The zero-order valence-corrected chi connectivity index (χ0v) is 7.72. The van der Waals surface area contributed by atoms with Crippen LogP contribution < -0.4 is 0 Å². The first-order chi connectivity index (χ1) is 5.70. The molecule has 0 bridgehead atoms. The molecule has 1 saturated heterocycles. The number of thioether (sulfide) groups is 1. The quantitative estimate of drug-likeness (QED) is 0.696. The van der Waals surface area contributed by atoms with Gasteiger partial charge in [-0.2, -0.15) is 11.8 Å². The summed E-state index contributed by atoms with van der Waals surface area (Å²) in [5.74, 6) is 1.34. The third-order valence-electron chi connectivity index (χ3n) is 2.16. The first-order valence-electron chi connectivity index (χ1n) is 4.17. The largest absolute Gasteiger partial charge is 0.481 e. The lowest BCUT2D eigenvalue weighted by atomic mass is 9.96. The van der Waals surface area contributed by atoms with Gasteiger partial charge in [-0.25, -0.2) is 0 Å². The number of aliphatic carboxylic acids is 1. The maximum atomic E-state index is 10.3. The van der Waals surface area contributed by atoms with E-state index in [-0.39, 0.29) is 18.4 Å². The van der Waals surface area contributed by atoms with Gasteiger partial charge < -0.3 is 10.2 Å². The van der Waals surface area contributed by atoms with Gasteiger partial charge in [-0.15, -0.1) is 0 Å². The second kappa shape index (κ2) is 4.72. The molecule has 0 radical (unpaired) electrons. The van der Waals surface area contributed by atoms with E-state index in [1.54, 1.807) is 11.8 Å². The van der Waals surface area contributed by atoms with Crippen molar-refractivity contribution in [2.45, 2.75) is 25.4 Å². The van der Waals surface area contributed by atoms with Gasteiger partial charge in [0.2, 0.25) is 0 Å². The molecule has 0 spiro atoms. The fourth-order valence-corrected chi connectivity index (χ4v) is 2.64. The average molecular weight is 190 g/mol. The summed E-state index contributed by atoms with van der Waals surface area (Å²) in [6.07, 6.45) is 1.34. The van der Waals surface area contributed by atoms with Gasteiger partial charge in [0.05, 0.1) is 6.10 Å².